The van der Waals surface area contributed by atoms with Crippen molar-refractivity contribution in [2.24, 2.45) is 5.73 Å². The lowest BCUT2D eigenvalue weighted by Crippen LogP contribution is -2.26. The Morgan fingerprint density at radius 2 is 2.13 bits per heavy atom. The molecule has 0 saturated carbocycles. The minimum absolute atomic E-state index is 0.00699. The summed E-state index contributed by atoms with van der Waals surface area (Å²) in [5, 5.41) is 3.24. The van der Waals surface area contributed by atoms with Gasteiger partial charge >= 0.3 is 0 Å². The predicted octanol–water partition coefficient (Wildman–Crippen LogP) is 1.93. The fourth-order valence-electron chi connectivity index (χ4n) is 1.98. The molecule has 0 aliphatic carbocycles. The van der Waals surface area contributed by atoms with E-state index in [1.54, 1.807) is 37.4 Å². The summed E-state index contributed by atoms with van der Waals surface area (Å²) in [6, 6.07) is 6.75. The summed E-state index contributed by atoms with van der Waals surface area (Å²) in [7, 11) is 0. The number of carbonyl (C=O) groups is 2. The van der Waals surface area contributed by atoms with E-state index >= 15 is 0 Å². The number of primary amides is 1. The molecule has 0 aliphatic rings. The molecule has 1 aromatic carbocycles. The summed E-state index contributed by atoms with van der Waals surface area (Å²) >= 11 is 1.23. The third kappa shape index (κ3) is 3.78. The number of ketones is 1. The zero-order valence-corrected chi connectivity index (χ0v) is 13.5. The lowest BCUT2D eigenvalue weighted by atomic mass is 10.1. The molecule has 4 N–H and O–H groups in total. The fraction of sp³-hybridized carbons (Fsp3) is 0.200. The van der Waals surface area contributed by atoms with Gasteiger partial charge in [0.15, 0.2) is 16.8 Å². The molecular formula is C15H16N4O3S. The van der Waals surface area contributed by atoms with Crippen LogP contribution in [0.4, 0.5) is 11.5 Å². The van der Waals surface area contributed by atoms with Gasteiger partial charge in [-0.1, -0.05) is 30.8 Å². The molecule has 0 radical (unpaired) electrons. The molecular weight excluding hydrogens is 316 g/mol. The maximum Gasteiger partial charge on any atom is 0.266 e. The number of thioether (sulfide) groups is 1. The van der Waals surface area contributed by atoms with Gasteiger partial charge in [-0.25, -0.2) is 4.98 Å². The van der Waals surface area contributed by atoms with Gasteiger partial charge in [-0.15, -0.1) is 0 Å². The first-order valence-corrected chi connectivity index (χ1v) is 8.07. The maximum atomic E-state index is 12.0. The molecule has 7 nitrogen and oxygen atoms in total. The smallest absolute Gasteiger partial charge is 0.266 e. The Kier molecular flexibility index (Phi) is 5.17. The monoisotopic (exact) mass is 332 g/mol. The van der Waals surface area contributed by atoms with Crippen LogP contribution in [-0.2, 0) is 0 Å². The number of benzene rings is 1. The Balaban J connectivity index is 2.47. The Hall–Kier alpha value is -2.61. The molecule has 1 heterocycles. The number of hydrogen-bond acceptors (Lipinski definition) is 6. The highest BCUT2D eigenvalue weighted by molar-refractivity contribution is 7.98. The number of nitrogens with one attached hydrogen (secondary N) is 2. The molecule has 120 valence electrons. The zero-order valence-electron chi connectivity index (χ0n) is 12.7. The van der Waals surface area contributed by atoms with Gasteiger partial charge in [-0.2, -0.15) is 0 Å². The molecule has 23 heavy (non-hydrogen) atoms. The van der Waals surface area contributed by atoms with E-state index < -0.39 is 11.5 Å². The van der Waals surface area contributed by atoms with Crippen LogP contribution in [0.5, 0.6) is 0 Å². The van der Waals surface area contributed by atoms with Crippen molar-refractivity contribution in [3.05, 3.63) is 45.7 Å². The number of nitrogens with two attached hydrogens (primary N) is 1. The molecule has 0 saturated heterocycles. The molecule has 0 fully saturated rings. The van der Waals surface area contributed by atoms with Crippen LogP contribution in [0.2, 0.25) is 0 Å². The van der Waals surface area contributed by atoms with E-state index in [0.29, 0.717) is 22.8 Å². The first-order valence-electron chi connectivity index (χ1n) is 6.84. The number of aromatic amines is 1. The first-order chi connectivity index (χ1) is 11.0. The molecule has 8 heteroatoms. The maximum absolute atomic E-state index is 12.0. The molecule has 0 atom stereocenters. The van der Waals surface area contributed by atoms with Crippen molar-refractivity contribution in [1.29, 1.82) is 0 Å². The normalized spacial score (nSPS) is 10.3. The van der Waals surface area contributed by atoms with E-state index in [4.69, 9.17) is 5.73 Å². The first kappa shape index (κ1) is 16.8. The number of carbonyl (C=O) groups excluding carboxylic acids is 2. The van der Waals surface area contributed by atoms with Gasteiger partial charge < -0.3 is 16.0 Å². The molecule has 2 rings (SSSR count). The van der Waals surface area contributed by atoms with E-state index in [-0.39, 0.29) is 17.2 Å². The second-order valence-corrected chi connectivity index (χ2v) is 5.44. The van der Waals surface area contributed by atoms with Crippen LogP contribution in [-0.4, -0.2) is 27.9 Å². The summed E-state index contributed by atoms with van der Waals surface area (Å²) in [4.78, 5) is 41.9. The number of rotatable bonds is 6. The highest BCUT2D eigenvalue weighted by Gasteiger charge is 2.17. The molecule has 0 unspecified atom stereocenters. The Bertz CT molecular complexity index is 817. The van der Waals surface area contributed by atoms with Crippen molar-refractivity contribution in [1.82, 2.24) is 9.97 Å². The van der Waals surface area contributed by atoms with E-state index in [1.165, 1.54) is 11.8 Å². The number of Topliss-reactive ketones (excluding diaryl/α,β-unsaturated/α-hetero) is 1. The van der Waals surface area contributed by atoms with Crippen LogP contribution in [0.15, 0.2) is 34.2 Å². The van der Waals surface area contributed by atoms with E-state index in [2.05, 4.69) is 15.3 Å². The van der Waals surface area contributed by atoms with E-state index in [9.17, 15) is 14.4 Å². The summed E-state index contributed by atoms with van der Waals surface area (Å²) in [6.45, 7) is 1.77. The minimum Gasteiger partial charge on any atom is -0.365 e. The SMILES string of the molecule is CCC(=O)c1cccc(Nc2nc(SC)[nH]c(=O)c2C(N)=O)c1. The lowest BCUT2D eigenvalue weighted by molar-refractivity contribution is 0.0983. The highest BCUT2D eigenvalue weighted by Crippen LogP contribution is 2.20. The van der Waals surface area contributed by atoms with Crippen molar-refractivity contribution < 1.29 is 9.59 Å². The van der Waals surface area contributed by atoms with Crippen molar-refractivity contribution >= 4 is 35.0 Å². The van der Waals surface area contributed by atoms with Gasteiger partial charge in [0.25, 0.3) is 11.5 Å². The Labute approximate surface area is 136 Å². The topological polar surface area (TPSA) is 118 Å². The van der Waals surface area contributed by atoms with Crippen LogP contribution in [0.3, 0.4) is 0 Å². The average molecular weight is 332 g/mol. The number of aromatic nitrogens is 2. The van der Waals surface area contributed by atoms with Gasteiger partial charge in [0.2, 0.25) is 0 Å². The number of hydrogen-bond donors (Lipinski definition) is 3. The van der Waals surface area contributed by atoms with Crippen molar-refractivity contribution in [3.8, 4) is 0 Å². The molecule has 2 aromatic rings. The molecule has 1 aromatic heterocycles. The third-order valence-corrected chi connectivity index (χ3v) is 3.69. The average Bonchev–Trinajstić information content (AvgIpc) is 2.53. The van der Waals surface area contributed by atoms with E-state index in [1.807, 2.05) is 0 Å². The van der Waals surface area contributed by atoms with Gasteiger partial charge in [-0.3, -0.25) is 14.4 Å². The summed E-state index contributed by atoms with van der Waals surface area (Å²) in [6.07, 6.45) is 2.13. The van der Waals surface area contributed by atoms with Crippen molar-refractivity contribution in [2.45, 2.75) is 18.5 Å². The fourth-order valence-corrected chi connectivity index (χ4v) is 2.36. The molecule has 1 amide bonds. The second kappa shape index (κ2) is 7.10. The standard InChI is InChI=1S/C15H16N4O3S/c1-3-10(20)8-5-4-6-9(7-8)17-13-11(12(16)21)14(22)19-15(18-13)23-2/h4-7H,3H2,1-2H3,(H2,16,21)(H2,17,18,19,22). The largest absolute Gasteiger partial charge is 0.365 e. The van der Waals surface area contributed by atoms with Crippen molar-refractivity contribution in [3.63, 3.8) is 0 Å². The van der Waals surface area contributed by atoms with Gasteiger partial charge in [-0.05, 0) is 18.4 Å². The summed E-state index contributed by atoms with van der Waals surface area (Å²) in [5.74, 6) is -0.825. The predicted molar refractivity (Wildman–Crippen MR) is 89.5 cm³/mol. The van der Waals surface area contributed by atoms with Crippen LogP contribution in [0, 0.1) is 0 Å². The zero-order chi connectivity index (χ0) is 17.0. The quantitative estimate of drug-likeness (QED) is 0.422. The van der Waals surface area contributed by atoms with Crippen LogP contribution in [0.25, 0.3) is 0 Å². The summed E-state index contributed by atoms with van der Waals surface area (Å²) < 4.78 is 0. The number of nitrogens with zero attached hydrogens (tertiary/aromatic N) is 1. The van der Waals surface area contributed by atoms with E-state index in [0.717, 1.165) is 0 Å². The lowest BCUT2D eigenvalue weighted by Gasteiger charge is -2.10. The van der Waals surface area contributed by atoms with Gasteiger partial charge in [0, 0.05) is 17.7 Å². The molecule has 0 bridgehead atoms. The number of amides is 1. The second-order valence-electron chi connectivity index (χ2n) is 4.65. The third-order valence-electron chi connectivity index (χ3n) is 3.11. The molecule has 0 aliphatic heterocycles. The van der Waals surface area contributed by atoms with Crippen LogP contribution in [0.1, 0.15) is 34.1 Å². The van der Waals surface area contributed by atoms with Crippen molar-refractivity contribution in [2.75, 3.05) is 11.6 Å². The number of anilines is 2. The minimum atomic E-state index is -0.880. The van der Waals surface area contributed by atoms with Gasteiger partial charge in [0.05, 0.1) is 0 Å². The number of H-pyrrole nitrogens is 1. The summed E-state index contributed by atoms with van der Waals surface area (Å²) in [5.41, 5.74) is 5.47. The highest BCUT2D eigenvalue weighted by atomic mass is 32.2. The molecule has 0 spiro atoms. The van der Waals surface area contributed by atoms with Crippen LogP contribution >= 0.6 is 11.8 Å². The Morgan fingerprint density at radius 3 is 2.74 bits per heavy atom. The van der Waals surface area contributed by atoms with Crippen LogP contribution < -0.4 is 16.6 Å². The van der Waals surface area contributed by atoms with Gasteiger partial charge in [0.1, 0.15) is 5.56 Å². The Morgan fingerprint density at radius 1 is 1.39 bits per heavy atom.